The van der Waals surface area contributed by atoms with Gasteiger partial charge in [0.25, 0.3) is 0 Å². The van der Waals surface area contributed by atoms with Gasteiger partial charge in [0.05, 0.1) is 37.1 Å². The maximum absolute atomic E-state index is 13.3. The summed E-state index contributed by atoms with van der Waals surface area (Å²) in [5.74, 6) is -3.83. The lowest BCUT2D eigenvalue weighted by molar-refractivity contribution is -0.150. The number of nitrogens with two attached hydrogens (primary N) is 1. The SMILES string of the molecule is CN1C(=O)C(c2c[nH]c3ccccc23)C(c2cn3c4c(cccc24)CCC3)C1=O.COC(=O)C(c1c[nH]c2ccccc12)C(C(=O)OC)c1cn2c3c(cccc13)CCC2.NCc1ccccc1. The molecule has 0 radical (unpaired) electrons. The van der Waals surface area contributed by atoms with Crippen LogP contribution in [0, 0.1) is 0 Å². The molecule has 0 saturated carbocycles. The number of imide groups is 1. The van der Waals surface area contributed by atoms with Gasteiger partial charge in [-0.25, -0.2) is 0 Å². The number of aryl methyl sites for hydroxylation is 4. The van der Waals surface area contributed by atoms with Gasteiger partial charge in [-0.1, -0.05) is 103 Å². The van der Waals surface area contributed by atoms with E-state index >= 15 is 0 Å². The zero-order chi connectivity index (χ0) is 47.1. The Morgan fingerprint density at radius 3 is 1.75 bits per heavy atom. The molecule has 344 valence electrons. The van der Waals surface area contributed by atoms with Crippen LogP contribution in [0.25, 0.3) is 43.6 Å². The van der Waals surface area contributed by atoms with Gasteiger partial charge in [0, 0.05) is 84.0 Å². The van der Waals surface area contributed by atoms with Crippen LogP contribution in [-0.4, -0.2) is 69.0 Å². The second-order valence-corrected chi connectivity index (χ2v) is 17.9. The molecule has 1 saturated heterocycles. The van der Waals surface area contributed by atoms with Gasteiger partial charge in [0.2, 0.25) is 11.8 Å². The Bertz CT molecular complexity index is 3360. The predicted molar refractivity (Wildman–Crippen MR) is 264 cm³/mol. The van der Waals surface area contributed by atoms with Gasteiger partial charge in [0.1, 0.15) is 11.8 Å². The fourth-order valence-electron chi connectivity index (χ4n) is 11.0. The Balaban J connectivity index is 0.000000137. The molecule has 7 heterocycles. The highest BCUT2D eigenvalue weighted by Crippen LogP contribution is 2.47. The molecule has 12 rings (SSSR count). The summed E-state index contributed by atoms with van der Waals surface area (Å²) in [6, 6.07) is 38.2. The molecule has 4 unspecified atom stereocenters. The first-order chi connectivity index (χ1) is 33.2. The Morgan fingerprint density at radius 1 is 0.603 bits per heavy atom. The summed E-state index contributed by atoms with van der Waals surface area (Å²) in [7, 11) is 4.32. The molecule has 4 N–H and O–H groups in total. The number of likely N-dealkylation sites (N-methyl/N-ethyl adjacent to an activating group) is 1. The quantitative estimate of drug-likeness (QED) is 0.101. The van der Waals surface area contributed by atoms with Gasteiger partial charge in [-0.2, -0.15) is 0 Å². The standard InChI is InChI=1S/C25H24N2O4.C24H21N3O2.C7H9N/c1-30-24(28)21(18-13-26-20-11-4-3-9-16(18)20)22(25(29)31-2)19-14-27-12-6-8-15-7-5-10-17(19)23(15)27;1-26-23(28)20(17-12-25-19-10-3-2-8-15(17)19)21(24(26)29)18-13-27-11-5-7-14-6-4-9-16(18)22(14)27;8-6-7-4-2-1-3-5-7/h3-5,7,9-11,13-14,21-22,26H,6,8,12H2,1-2H3;2-4,6,8-10,12-13,20-21,25H,5,7,11H2,1H3;1-5H,6,8H2. The van der Waals surface area contributed by atoms with Crippen LogP contribution < -0.4 is 5.73 Å². The molecule has 3 aliphatic heterocycles. The predicted octanol–water partition coefficient (Wildman–Crippen LogP) is 9.36. The fraction of sp³-hybridized carbons (Fsp3) is 0.250. The number of H-pyrrole nitrogens is 2. The van der Waals surface area contributed by atoms with Crippen molar-refractivity contribution in [3.63, 3.8) is 0 Å². The number of fused-ring (bicyclic) bond motifs is 2. The van der Waals surface area contributed by atoms with Crippen LogP contribution in [0.4, 0.5) is 0 Å². The largest absolute Gasteiger partial charge is 0.469 e. The van der Waals surface area contributed by atoms with Crippen LogP contribution >= 0.6 is 0 Å². The number of methoxy groups -OCH3 is 2. The number of nitrogens with zero attached hydrogens (tertiary/aromatic N) is 3. The van der Waals surface area contributed by atoms with E-state index in [1.807, 2.05) is 103 Å². The van der Waals surface area contributed by atoms with E-state index in [4.69, 9.17) is 15.2 Å². The Labute approximate surface area is 393 Å². The first-order valence-electron chi connectivity index (χ1n) is 23.3. The Morgan fingerprint density at radius 2 is 1.12 bits per heavy atom. The summed E-state index contributed by atoms with van der Waals surface area (Å²) in [5.41, 5.74) is 16.8. The van der Waals surface area contributed by atoms with Crippen LogP contribution in [-0.2, 0) is 61.1 Å². The van der Waals surface area contributed by atoms with Crippen molar-refractivity contribution in [2.75, 3.05) is 21.3 Å². The summed E-state index contributed by atoms with van der Waals surface area (Å²) in [6.45, 7) is 2.48. The summed E-state index contributed by atoms with van der Waals surface area (Å²) in [5, 5.41) is 3.99. The number of ether oxygens (including phenoxy) is 2. The first kappa shape index (κ1) is 44.2. The zero-order valence-electron chi connectivity index (χ0n) is 38.4. The van der Waals surface area contributed by atoms with Crippen molar-refractivity contribution in [3.8, 4) is 0 Å². The smallest absolute Gasteiger partial charge is 0.314 e. The van der Waals surface area contributed by atoms with Crippen molar-refractivity contribution in [1.82, 2.24) is 24.0 Å². The van der Waals surface area contributed by atoms with E-state index in [0.717, 1.165) is 99.1 Å². The van der Waals surface area contributed by atoms with Crippen molar-refractivity contribution < 1.29 is 28.7 Å². The van der Waals surface area contributed by atoms with Gasteiger partial charge in [-0.3, -0.25) is 24.1 Å². The van der Waals surface area contributed by atoms with Crippen LogP contribution in [0.1, 0.15) is 75.5 Å². The Hall–Kier alpha value is -7.70. The summed E-state index contributed by atoms with van der Waals surface area (Å²) < 4.78 is 14.9. The number of benzene rings is 5. The minimum atomic E-state index is -0.836. The highest BCUT2D eigenvalue weighted by Gasteiger charge is 2.49. The number of rotatable bonds is 8. The van der Waals surface area contributed by atoms with E-state index in [0.29, 0.717) is 6.54 Å². The molecule has 0 bridgehead atoms. The third-order valence-electron chi connectivity index (χ3n) is 14.1. The van der Waals surface area contributed by atoms with Crippen molar-refractivity contribution in [2.45, 2.75) is 69.0 Å². The Kier molecular flexibility index (Phi) is 12.0. The topological polar surface area (TPSA) is 157 Å². The normalized spacial score (nSPS) is 17.1. The number of likely N-dealkylation sites (tertiary alicyclic amines) is 1. The van der Waals surface area contributed by atoms with Crippen molar-refractivity contribution in [1.29, 1.82) is 0 Å². The minimum Gasteiger partial charge on any atom is -0.469 e. The molecule has 0 spiro atoms. The molecule has 4 atom stereocenters. The number of carbonyl (C=O) groups excluding carboxylic acids is 4. The van der Waals surface area contributed by atoms with Crippen LogP contribution in [0.5, 0.6) is 0 Å². The number of nitrogens with one attached hydrogen (secondary N) is 2. The third kappa shape index (κ3) is 7.64. The van der Waals surface area contributed by atoms with Gasteiger partial charge in [0.15, 0.2) is 0 Å². The number of carbonyl (C=O) groups is 4. The van der Waals surface area contributed by atoms with Crippen LogP contribution in [0.3, 0.4) is 0 Å². The average Bonchev–Trinajstić information content (AvgIpc) is 4.22. The second kappa shape index (κ2) is 18.5. The molecule has 9 aromatic rings. The molecule has 12 heteroatoms. The number of esters is 2. The molecule has 2 amide bonds. The molecule has 4 aromatic heterocycles. The zero-order valence-corrected chi connectivity index (χ0v) is 38.4. The molecule has 3 aliphatic rings. The van der Waals surface area contributed by atoms with Crippen LogP contribution in [0.2, 0.25) is 0 Å². The van der Waals surface area contributed by atoms with E-state index < -0.39 is 35.6 Å². The maximum Gasteiger partial charge on any atom is 0.314 e. The fourth-order valence-corrected chi connectivity index (χ4v) is 11.0. The van der Waals surface area contributed by atoms with E-state index in [9.17, 15) is 19.2 Å². The lowest BCUT2D eigenvalue weighted by Gasteiger charge is -2.23. The summed E-state index contributed by atoms with van der Waals surface area (Å²) >= 11 is 0. The highest BCUT2D eigenvalue weighted by molar-refractivity contribution is 6.13. The maximum atomic E-state index is 13.3. The van der Waals surface area contributed by atoms with Gasteiger partial charge in [-0.15, -0.1) is 0 Å². The molecular weight excluding hydrogens is 853 g/mol. The number of hydrogen-bond acceptors (Lipinski definition) is 7. The van der Waals surface area contributed by atoms with E-state index in [1.165, 1.54) is 41.3 Å². The number of amides is 2. The number of aromatic amines is 2. The number of aromatic nitrogens is 4. The van der Waals surface area contributed by atoms with Gasteiger partial charge >= 0.3 is 11.9 Å². The van der Waals surface area contributed by atoms with Gasteiger partial charge in [-0.05, 0) is 76.8 Å². The third-order valence-corrected chi connectivity index (χ3v) is 14.1. The van der Waals surface area contributed by atoms with Crippen molar-refractivity contribution >= 4 is 67.4 Å². The van der Waals surface area contributed by atoms with Crippen molar-refractivity contribution in [2.24, 2.45) is 5.73 Å². The number of hydrogen-bond donors (Lipinski definition) is 3. The van der Waals surface area contributed by atoms with E-state index in [1.54, 1.807) is 13.2 Å². The lowest BCUT2D eigenvalue weighted by atomic mass is 9.81. The second-order valence-electron chi connectivity index (χ2n) is 17.9. The average molecular weight is 907 g/mol. The minimum absolute atomic E-state index is 0.117. The molecule has 5 aromatic carbocycles. The summed E-state index contributed by atoms with van der Waals surface area (Å²) in [6.07, 6.45) is 12.0. The van der Waals surface area contributed by atoms with Crippen LogP contribution in [0.15, 0.2) is 140 Å². The highest BCUT2D eigenvalue weighted by atomic mass is 16.5. The number of para-hydroxylation sites is 4. The van der Waals surface area contributed by atoms with Crippen molar-refractivity contribution in [3.05, 3.63) is 179 Å². The van der Waals surface area contributed by atoms with E-state index in [2.05, 4.69) is 49.6 Å². The molecule has 68 heavy (non-hydrogen) atoms. The molecule has 0 aliphatic carbocycles. The van der Waals surface area contributed by atoms with Gasteiger partial charge < -0.3 is 34.3 Å². The monoisotopic (exact) mass is 906 g/mol. The lowest BCUT2D eigenvalue weighted by Crippen LogP contribution is -2.28. The molecular formula is C56H54N6O6. The van der Waals surface area contributed by atoms with E-state index in [-0.39, 0.29) is 11.8 Å². The molecule has 1 fully saturated rings. The summed E-state index contributed by atoms with van der Waals surface area (Å²) in [4.78, 5) is 60.6. The first-order valence-corrected chi connectivity index (χ1v) is 23.3. The molecule has 12 nitrogen and oxygen atoms in total.